The number of nitrogens with zero attached hydrogens (tertiary/aromatic N) is 2. The second-order valence-corrected chi connectivity index (χ2v) is 5.19. The van der Waals surface area contributed by atoms with Gasteiger partial charge in [0.05, 0.1) is 32.2 Å². The minimum Gasteiger partial charge on any atom is -0.481 e. The van der Waals surface area contributed by atoms with E-state index in [1.165, 1.54) is 0 Å². The molecule has 0 saturated carbocycles. The van der Waals surface area contributed by atoms with E-state index in [2.05, 4.69) is 20.5 Å². The highest BCUT2D eigenvalue weighted by Crippen LogP contribution is 2.10. The highest BCUT2D eigenvalue weighted by Gasteiger charge is 2.09. The van der Waals surface area contributed by atoms with Crippen LogP contribution < -0.4 is 15.4 Å². The van der Waals surface area contributed by atoms with E-state index in [0.717, 1.165) is 51.5 Å². The molecule has 7 heteroatoms. The molecule has 1 aromatic heterocycles. The number of nitrogens with one attached hydrogen (secondary N) is 2. The summed E-state index contributed by atoms with van der Waals surface area (Å²) in [5.74, 6) is 0.588. The van der Waals surface area contributed by atoms with Crippen LogP contribution >= 0.6 is 12.2 Å². The molecule has 0 aliphatic carbocycles. The lowest BCUT2D eigenvalue weighted by atomic mass is 10.3. The van der Waals surface area contributed by atoms with Crippen molar-refractivity contribution >= 4 is 23.0 Å². The number of morpholine rings is 1. The van der Waals surface area contributed by atoms with Crippen molar-refractivity contribution in [3.8, 4) is 5.88 Å². The largest absolute Gasteiger partial charge is 0.481 e. The number of pyridine rings is 1. The van der Waals surface area contributed by atoms with Crippen molar-refractivity contribution in [3.05, 3.63) is 18.3 Å². The van der Waals surface area contributed by atoms with Crippen LogP contribution in [0.25, 0.3) is 0 Å². The summed E-state index contributed by atoms with van der Waals surface area (Å²) in [5, 5.41) is 6.92. The first kappa shape index (κ1) is 15.9. The van der Waals surface area contributed by atoms with E-state index in [9.17, 15) is 0 Å². The Labute approximate surface area is 130 Å². The number of aromatic nitrogens is 1. The van der Waals surface area contributed by atoms with Crippen molar-refractivity contribution in [1.82, 2.24) is 15.2 Å². The summed E-state index contributed by atoms with van der Waals surface area (Å²) >= 11 is 5.25. The Morgan fingerprint density at radius 3 is 2.90 bits per heavy atom. The Bertz CT molecular complexity index is 435. The van der Waals surface area contributed by atoms with E-state index < -0.39 is 0 Å². The topological polar surface area (TPSA) is 58.7 Å². The predicted octanol–water partition coefficient (Wildman–Crippen LogP) is 1.10. The average molecular weight is 310 g/mol. The third-order valence-corrected chi connectivity index (χ3v) is 3.49. The zero-order valence-corrected chi connectivity index (χ0v) is 13.1. The fraction of sp³-hybridized carbons (Fsp3) is 0.571. The van der Waals surface area contributed by atoms with Gasteiger partial charge < -0.3 is 20.1 Å². The molecule has 0 aromatic carbocycles. The molecule has 2 heterocycles. The molecule has 0 atom stereocenters. The minimum atomic E-state index is 0.588. The Morgan fingerprint density at radius 2 is 2.24 bits per heavy atom. The smallest absolute Gasteiger partial charge is 0.213 e. The Hall–Kier alpha value is -1.44. The molecule has 2 rings (SSSR count). The molecule has 116 valence electrons. The third-order valence-electron chi connectivity index (χ3n) is 3.24. The van der Waals surface area contributed by atoms with Crippen molar-refractivity contribution in [3.63, 3.8) is 0 Å². The Kier molecular flexibility index (Phi) is 6.65. The Balaban J connectivity index is 1.60. The molecule has 0 spiro atoms. The van der Waals surface area contributed by atoms with Crippen LogP contribution in [0.4, 0.5) is 5.69 Å². The summed E-state index contributed by atoms with van der Waals surface area (Å²) in [6.45, 7) is 5.67. The number of hydrogen-bond acceptors (Lipinski definition) is 5. The van der Waals surface area contributed by atoms with E-state index in [4.69, 9.17) is 21.7 Å². The van der Waals surface area contributed by atoms with E-state index in [1.54, 1.807) is 19.4 Å². The van der Waals surface area contributed by atoms with Crippen LogP contribution in [0.3, 0.4) is 0 Å². The lowest BCUT2D eigenvalue weighted by Crippen LogP contribution is -2.38. The van der Waals surface area contributed by atoms with Crippen molar-refractivity contribution in [1.29, 1.82) is 0 Å². The van der Waals surface area contributed by atoms with Gasteiger partial charge in [-0.2, -0.15) is 0 Å². The first-order chi connectivity index (χ1) is 10.3. The first-order valence-corrected chi connectivity index (χ1v) is 7.54. The second kappa shape index (κ2) is 8.76. The lowest BCUT2D eigenvalue weighted by Gasteiger charge is -2.26. The van der Waals surface area contributed by atoms with Gasteiger partial charge in [-0.05, 0) is 31.2 Å². The standard InChI is InChI=1S/C14H22N4O2S/c1-19-13-4-3-12(11-16-13)17-14(21)15-5-2-6-18-7-9-20-10-8-18/h3-4,11H,2,5-10H2,1H3,(H2,15,17,21). The van der Waals surface area contributed by atoms with E-state index in [-0.39, 0.29) is 0 Å². The quantitative estimate of drug-likeness (QED) is 0.603. The van der Waals surface area contributed by atoms with Crippen molar-refractivity contribution in [2.45, 2.75) is 6.42 Å². The van der Waals surface area contributed by atoms with Gasteiger partial charge in [-0.3, -0.25) is 4.90 Å². The molecule has 1 saturated heterocycles. The highest BCUT2D eigenvalue weighted by molar-refractivity contribution is 7.80. The monoisotopic (exact) mass is 310 g/mol. The third kappa shape index (κ3) is 5.82. The molecule has 0 amide bonds. The van der Waals surface area contributed by atoms with Gasteiger partial charge in [0.15, 0.2) is 5.11 Å². The molecular weight excluding hydrogens is 288 g/mol. The van der Waals surface area contributed by atoms with Gasteiger partial charge >= 0.3 is 0 Å². The van der Waals surface area contributed by atoms with Gasteiger partial charge in [0.1, 0.15) is 0 Å². The van der Waals surface area contributed by atoms with Gasteiger partial charge in [0.25, 0.3) is 0 Å². The first-order valence-electron chi connectivity index (χ1n) is 7.13. The van der Waals surface area contributed by atoms with Crippen LogP contribution in [0.5, 0.6) is 5.88 Å². The van der Waals surface area contributed by atoms with Crippen molar-refractivity contribution < 1.29 is 9.47 Å². The summed E-state index contributed by atoms with van der Waals surface area (Å²) in [6, 6.07) is 3.68. The number of ether oxygens (including phenoxy) is 2. The van der Waals surface area contributed by atoms with Crippen LogP contribution in [-0.2, 0) is 4.74 Å². The van der Waals surface area contributed by atoms with Crippen molar-refractivity contribution in [2.75, 3.05) is 51.8 Å². The lowest BCUT2D eigenvalue weighted by molar-refractivity contribution is 0.0376. The van der Waals surface area contributed by atoms with Crippen LogP contribution in [0.15, 0.2) is 18.3 Å². The summed E-state index contributed by atoms with van der Waals surface area (Å²) in [5.41, 5.74) is 0.849. The maximum absolute atomic E-state index is 5.32. The molecular formula is C14H22N4O2S. The van der Waals surface area contributed by atoms with Crippen molar-refractivity contribution in [2.24, 2.45) is 0 Å². The zero-order valence-electron chi connectivity index (χ0n) is 12.3. The molecule has 0 bridgehead atoms. The van der Waals surface area contributed by atoms with Gasteiger partial charge in [-0.25, -0.2) is 4.98 Å². The average Bonchev–Trinajstić information content (AvgIpc) is 2.53. The number of anilines is 1. The molecule has 21 heavy (non-hydrogen) atoms. The molecule has 1 aliphatic heterocycles. The zero-order chi connectivity index (χ0) is 14.9. The number of hydrogen-bond donors (Lipinski definition) is 2. The van der Waals surface area contributed by atoms with Crippen LogP contribution in [0.2, 0.25) is 0 Å². The van der Waals surface area contributed by atoms with Gasteiger partial charge in [0.2, 0.25) is 5.88 Å². The molecule has 1 aromatic rings. The van der Waals surface area contributed by atoms with Crippen LogP contribution in [-0.4, -0.2) is 61.5 Å². The molecule has 6 nitrogen and oxygen atoms in total. The van der Waals surface area contributed by atoms with E-state index >= 15 is 0 Å². The Morgan fingerprint density at radius 1 is 1.43 bits per heavy atom. The summed E-state index contributed by atoms with van der Waals surface area (Å²) in [7, 11) is 1.59. The highest BCUT2D eigenvalue weighted by atomic mass is 32.1. The summed E-state index contributed by atoms with van der Waals surface area (Å²) in [4.78, 5) is 6.53. The van der Waals surface area contributed by atoms with Crippen LogP contribution in [0.1, 0.15) is 6.42 Å². The van der Waals surface area contributed by atoms with Gasteiger partial charge in [-0.1, -0.05) is 0 Å². The summed E-state index contributed by atoms with van der Waals surface area (Å²) < 4.78 is 10.3. The molecule has 1 fully saturated rings. The number of thiocarbonyl (C=S) groups is 1. The second-order valence-electron chi connectivity index (χ2n) is 4.78. The summed E-state index contributed by atoms with van der Waals surface area (Å²) in [6.07, 6.45) is 2.75. The van der Waals surface area contributed by atoms with Crippen LogP contribution in [0, 0.1) is 0 Å². The molecule has 0 unspecified atom stereocenters. The predicted molar refractivity (Wildman–Crippen MR) is 86.9 cm³/mol. The molecule has 2 N–H and O–H groups in total. The van der Waals surface area contributed by atoms with Gasteiger partial charge in [0, 0.05) is 25.7 Å². The number of rotatable bonds is 6. The normalized spacial score (nSPS) is 15.5. The SMILES string of the molecule is COc1ccc(NC(=S)NCCCN2CCOCC2)cn1. The molecule has 1 aliphatic rings. The minimum absolute atomic E-state index is 0.588. The van der Waals surface area contributed by atoms with E-state index in [1.807, 2.05) is 6.07 Å². The fourth-order valence-electron chi connectivity index (χ4n) is 2.08. The molecule has 0 radical (unpaired) electrons. The van der Waals surface area contributed by atoms with E-state index in [0.29, 0.717) is 11.0 Å². The maximum atomic E-state index is 5.32. The fourth-order valence-corrected chi connectivity index (χ4v) is 2.30. The number of methoxy groups -OCH3 is 1. The van der Waals surface area contributed by atoms with Gasteiger partial charge in [-0.15, -0.1) is 0 Å². The maximum Gasteiger partial charge on any atom is 0.213 e.